The molecule has 4 rings (SSSR count). The first-order chi connectivity index (χ1) is 15.7. The summed E-state index contributed by atoms with van der Waals surface area (Å²) in [5.74, 6) is -1.37. The molecule has 0 radical (unpaired) electrons. The van der Waals surface area contributed by atoms with Gasteiger partial charge in [-0.05, 0) is 36.8 Å². The van der Waals surface area contributed by atoms with Crippen LogP contribution in [-0.2, 0) is 22.7 Å². The van der Waals surface area contributed by atoms with Gasteiger partial charge in [-0.15, -0.1) is 0 Å². The van der Waals surface area contributed by atoms with Crippen LogP contribution in [0.3, 0.4) is 0 Å². The smallest absolute Gasteiger partial charge is 0.410 e. The van der Waals surface area contributed by atoms with E-state index in [-0.39, 0.29) is 49.1 Å². The summed E-state index contributed by atoms with van der Waals surface area (Å²) in [6.45, 7) is 0.287. The molecule has 0 aromatic heterocycles. The molecule has 2 N–H and O–H groups in total. The van der Waals surface area contributed by atoms with E-state index in [9.17, 15) is 23.6 Å². The minimum atomic E-state index is -0.712. The lowest BCUT2D eigenvalue weighted by Gasteiger charge is -2.29. The fourth-order valence-electron chi connectivity index (χ4n) is 3.88. The van der Waals surface area contributed by atoms with Crippen molar-refractivity contribution in [2.45, 2.75) is 32.0 Å². The zero-order valence-corrected chi connectivity index (χ0v) is 18.2. The highest BCUT2D eigenvalue weighted by molar-refractivity contribution is 6.06. The molecular formula is C23H23FN4O5. The van der Waals surface area contributed by atoms with Gasteiger partial charge >= 0.3 is 6.09 Å². The molecule has 4 amide bonds. The summed E-state index contributed by atoms with van der Waals surface area (Å²) >= 11 is 0. The Labute approximate surface area is 189 Å². The molecule has 0 saturated carbocycles. The molecule has 33 heavy (non-hydrogen) atoms. The number of fused-ring (bicyclic) bond motifs is 1. The van der Waals surface area contributed by atoms with Gasteiger partial charge in [0, 0.05) is 56.0 Å². The lowest BCUT2D eigenvalue weighted by Crippen LogP contribution is -2.52. The number of halogens is 1. The Morgan fingerprint density at radius 3 is 2.76 bits per heavy atom. The highest BCUT2D eigenvalue weighted by Crippen LogP contribution is 2.32. The zero-order valence-electron chi connectivity index (χ0n) is 18.2. The van der Waals surface area contributed by atoms with Crippen LogP contribution in [0.25, 0.3) is 0 Å². The molecule has 2 aliphatic heterocycles. The van der Waals surface area contributed by atoms with Crippen molar-refractivity contribution in [2.75, 3.05) is 19.4 Å². The molecule has 1 fully saturated rings. The number of hydrogen-bond donors (Lipinski definition) is 2. The van der Waals surface area contributed by atoms with E-state index in [0.717, 1.165) is 0 Å². The van der Waals surface area contributed by atoms with Gasteiger partial charge in [0.05, 0.1) is 0 Å². The maximum absolute atomic E-state index is 14.4. The standard InChI is InChI=1S/C23H23FN4O5/c1-27(2)23(32)33-14-6-7-17(24)13(10-14)11-25-18-5-3-4-15-16(18)12-28(22(15)31)19-8-9-20(29)26-21(19)30/h3-7,10,19,25H,8-9,11-12H2,1-2H3,(H,26,29,30)/t19-/m0/s1. The fraction of sp³-hybridized carbons (Fsp3) is 0.304. The van der Waals surface area contributed by atoms with Crippen molar-refractivity contribution in [2.24, 2.45) is 0 Å². The first-order valence-corrected chi connectivity index (χ1v) is 10.4. The van der Waals surface area contributed by atoms with Crippen LogP contribution in [0.2, 0.25) is 0 Å². The Kier molecular flexibility index (Phi) is 5.99. The summed E-state index contributed by atoms with van der Waals surface area (Å²) in [6, 6.07) is 8.48. The van der Waals surface area contributed by atoms with E-state index in [1.165, 1.54) is 28.0 Å². The van der Waals surface area contributed by atoms with Gasteiger partial charge in [0.15, 0.2) is 0 Å². The van der Waals surface area contributed by atoms with Crippen molar-refractivity contribution in [3.8, 4) is 5.75 Å². The minimum absolute atomic E-state index is 0.0856. The van der Waals surface area contributed by atoms with Gasteiger partial charge in [-0.25, -0.2) is 9.18 Å². The number of anilines is 1. The highest BCUT2D eigenvalue weighted by atomic mass is 19.1. The van der Waals surface area contributed by atoms with Crippen molar-refractivity contribution in [1.29, 1.82) is 0 Å². The first kappa shape index (κ1) is 22.3. The summed E-state index contributed by atoms with van der Waals surface area (Å²) in [5, 5.41) is 5.42. The second-order valence-corrected chi connectivity index (χ2v) is 8.10. The molecule has 1 atom stereocenters. The number of nitrogens with one attached hydrogen (secondary N) is 2. The molecule has 2 aromatic rings. The molecule has 10 heteroatoms. The Hall–Kier alpha value is -3.95. The van der Waals surface area contributed by atoms with Gasteiger partial charge in [-0.1, -0.05) is 6.07 Å². The molecule has 0 bridgehead atoms. The molecule has 0 spiro atoms. The normalized spacial score (nSPS) is 17.5. The van der Waals surface area contributed by atoms with Crippen LogP contribution in [0.4, 0.5) is 14.9 Å². The number of carbonyl (C=O) groups excluding carboxylic acids is 4. The third-order valence-electron chi connectivity index (χ3n) is 5.64. The Morgan fingerprint density at radius 2 is 2.03 bits per heavy atom. The first-order valence-electron chi connectivity index (χ1n) is 10.4. The monoisotopic (exact) mass is 454 g/mol. The lowest BCUT2D eigenvalue weighted by molar-refractivity contribution is -0.136. The van der Waals surface area contributed by atoms with E-state index < -0.39 is 23.9 Å². The molecule has 0 unspecified atom stereocenters. The van der Waals surface area contributed by atoms with Gasteiger partial charge < -0.3 is 19.9 Å². The molecule has 9 nitrogen and oxygen atoms in total. The molecule has 1 saturated heterocycles. The average molecular weight is 454 g/mol. The third-order valence-corrected chi connectivity index (χ3v) is 5.64. The number of rotatable bonds is 5. The number of nitrogens with zero attached hydrogens (tertiary/aromatic N) is 2. The number of piperidine rings is 1. The number of hydrogen-bond acceptors (Lipinski definition) is 6. The second kappa shape index (κ2) is 8.89. The summed E-state index contributed by atoms with van der Waals surface area (Å²) in [7, 11) is 3.09. The molecule has 2 heterocycles. The quantitative estimate of drug-likeness (QED) is 0.671. The van der Waals surface area contributed by atoms with E-state index in [4.69, 9.17) is 4.74 Å². The number of amides is 4. The Morgan fingerprint density at radius 1 is 1.24 bits per heavy atom. The van der Waals surface area contributed by atoms with Crippen LogP contribution in [0, 0.1) is 5.82 Å². The Balaban J connectivity index is 1.50. The van der Waals surface area contributed by atoms with E-state index in [1.807, 2.05) is 0 Å². The van der Waals surface area contributed by atoms with Crippen molar-refractivity contribution >= 4 is 29.5 Å². The third kappa shape index (κ3) is 4.50. The molecular weight excluding hydrogens is 431 g/mol. The van der Waals surface area contributed by atoms with Crippen LogP contribution in [0.1, 0.15) is 34.3 Å². The topological polar surface area (TPSA) is 108 Å². The van der Waals surface area contributed by atoms with Crippen LogP contribution < -0.4 is 15.4 Å². The largest absolute Gasteiger partial charge is 0.414 e. The minimum Gasteiger partial charge on any atom is -0.410 e. The van der Waals surface area contributed by atoms with E-state index in [1.54, 1.807) is 32.3 Å². The van der Waals surface area contributed by atoms with Gasteiger partial charge in [0.2, 0.25) is 11.8 Å². The summed E-state index contributed by atoms with van der Waals surface area (Å²) in [5.41, 5.74) is 2.07. The van der Waals surface area contributed by atoms with E-state index >= 15 is 0 Å². The molecule has 172 valence electrons. The molecule has 2 aromatic carbocycles. The summed E-state index contributed by atoms with van der Waals surface area (Å²) < 4.78 is 19.5. The van der Waals surface area contributed by atoms with Gasteiger partial charge in [0.1, 0.15) is 17.6 Å². The van der Waals surface area contributed by atoms with Gasteiger partial charge in [-0.3, -0.25) is 19.7 Å². The van der Waals surface area contributed by atoms with Crippen LogP contribution in [0.5, 0.6) is 5.75 Å². The predicted molar refractivity (Wildman–Crippen MR) is 116 cm³/mol. The zero-order chi connectivity index (χ0) is 23.7. The van der Waals surface area contributed by atoms with Gasteiger partial charge in [-0.2, -0.15) is 0 Å². The van der Waals surface area contributed by atoms with Crippen LogP contribution in [0.15, 0.2) is 36.4 Å². The number of benzene rings is 2. The van der Waals surface area contributed by atoms with Crippen molar-refractivity contribution in [1.82, 2.24) is 15.1 Å². The fourth-order valence-corrected chi connectivity index (χ4v) is 3.88. The number of carbonyl (C=O) groups is 4. The maximum atomic E-state index is 14.4. The predicted octanol–water partition coefficient (Wildman–Crippen LogP) is 2.26. The van der Waals surface area contributed by atoms with Crippen LogP contribution in [-0.4, -0.2) is 53.8 Å². The van der Waals surface area contributed by atoms with Crippen LogP contribution >= 0.6 is 0 Å². The van der Waals surface area contributed by atoms with E-state index in [2.05, 4.69) is 10.6 Å². The molecule has 0 aliphatic carbocycles. The Bertz CT molecular complexity index is 1150. The number of imide groups is 1. The van der Waals surface area contributed by atoms with Crippen molar-refractivity contribution in [3.63, 3.8) is 0 Å². The molecule has 2 aliphatic rings. The summed E-state index contributed by atoms with van der Waals surface area (Å²) in [4.78, 5) is 51.1. The lowest BCUT2D eigenvalue weighted by atomic mass is 10.0. The maximum Gasteiger partial charge on any atom is 0.414 e. The number of ether oxygens (including phenoxy) is 1. The van der Waals surface area contributed by atoms with Crippen molar-refractivity contribution in [3.05, 3.63) is 58.9 Å². The SMILES string of the molecule is CN(C)C(=O)Oc1ccc(F)c(CNc2cccc3c2CN([C@H]2CCC(=O)NC2=O)C3=O)c1. The van der Waals surface area contributed by atoms with Gasteiger partial charge in [0.25, 0.3) is 5.91 Å². The highest BCUT2D eigenvalue weighted by Gasteiger charge is 2.39. The van der Waals surface area contributed by atoms with E-state index in [0.29, 0.717) is 16.8 Å². The van der Waals surface area contributed by atoms with Crippen molar-refractivity contribution < 1.29 is 28.3 Å². The second-order valence-electron chi connectivity index (χ2n) is 8.10. The average Bonchev–Trinajstić information content (AvgIpc) is 3.11. The summed E-state index contributed by atoms with van der Waals surface area (Å²) in [6.07, 6.45) is -0.125.